The van der Waals surface area contributed by atoms with E-state index in [0.717, 1.165) is 23.9 Å². The number of H-pyrrole nitrogens is 1. The number of aromatic nitrogens is 2. The van der Waals surface area contributed by atoms with Crippen LogP contribution < -0.4 is 5.32 Å². The van der Waals surface area contributed by atoms with Crippen molar-refractivity contribution in [3.05, 3.63) is 47.7 Å². The van der Waals surface area contributed by atoms with Crippen LogP contribution in [-0.4, -0.2) is 26.3 Å². The zero-order valence-corrected chi connectivity index (χ0v) is 12.9. The predicted octanol–water partition coefficient (Wildman–Crippen LogP) is 3.03. The highest BCUT2D eigenvalue weighted by Crippen LogP contribution is 2.39. The fourth-order valence-corrected chi connectivity index (χ4v) is 2.85. The van der Waals surface area contributed by atoms with Crippen LogP contribution in [0.4, 0.5) is 5.82 Å². The minimum Gasteiger partial charge on any atom is -0.508 e. The number of anilines is 1. The van der Waals surface area contributed by atoms with Gasteiger partial charge in [0.25, 0.3) is 0 Å². The number of aromatic hydroxyl groups is 2. The van der Waals surface area contributed by atoms with Gasteiger partial charge in [-0.25, -0.2) is 0 Å². The van der Waals surface area contributed by atoms with Gasteiger partial charge in [0.05, 0.1) is 6.42 Å². The normalized spacial score (nSPS) is 14.0. The van der Waals surface area contributed by atoms with E-state index in [1.165, 1.54) is 6.07 Å². The van der Waals surface area contributed by atoms with Crippen molar-refractivity contribution in [3.63, 3.8) is 0 Å². The first-order chi connectivity index (χ1) is 11.6. The van der Waals surface area contributed by atoms with Crippen molar-refractivity contribution in [1.29, 1.82) is 0 Å². The first-order valence-electron chi connectivity index (χ1n) is 7.89. The summed E-state index contributed by atoms with van der Waals surface area (Å²) in [5, 5.41) is 31.0. The van der Waals surface area contributed by atoms with Crippen molar-refractivity contribution in [2.75, 3.05) is 5.32 Å². The first kappa shape index (κ1) is 14.6. The molecule has 4 N–H and O–H groups in total. The number of nitrogens with one attached hydrogen (secondary N) is 2. The maximum atomic E-state index is 12.2. The van der Waals surface area contributed by atoms with Crippen LogP contribution in [0.15, 0.2) is 36.4 Å². The van der Waals surface area contributed by atoms with Crippen LogP contribution in [0.1, 0.15) is 30.0 Å². The second-order valence-corrected chi connectivity index (χ2v) is 6.19. The molecule has 1 saturated carbocycles. The highest BCUT2D eigenvalue weighted by molar-refractivity contribution is 5.94. The molecule has 6 heteroatoms. The van der Waals surface area contributed by atoms with Gasteiger partial charge in [0.2, 0.25) is 5.91 Å². The molecule has 24 heavy (non-hydrogen) atoms. The quantitative estimate of drug-likeness (QED) is 0.593. The maximum Gasteiger partial charge on any atom is 0.230 e. The molecular weight excluding hydrogens is 306 g/mol. The average Bonchev–Trinajstić information content (AvgIpc) is 3.30. The van der Waals surface area contributed by atoms with Gasteiger partial charge < -0.3 is 15.5 Å². The second-order valence-electron chi connectivity index (χ2n) is 6.19. The smallest absolute Gasteiger partial charge is 0.230 e. The van der Waals surface area contributed by atoms with E-state index < -0.39 is 0 Å². The molecule has 3 aromatic rings. The summed E-state index contributed by atoms with van der Waals surface area (Å²) in [6.07, 6.45) is 2.35. The second kappa shape index (κ2) is 5.56. The third-order valence-corrected chi connectivity index (χ3v) is 4.29. The molecule has 0 bridgehead atoms. The van der Waals surface area contributed by atoms with Crippen molar-refractivity contribution in [1.82, 2.24) is 10.2 Å². The van der Waals surface area contributed by atoms with Crippen LogP contribution in [0, 0.1) is 0 Å². The topological polar surface area (TPSA) is 98.2 Å². The third kappa shape index (κ3) is 2.78. The number of rotatable bonds is 4. The molecule has 4 rings (SSSR count). The predicted molar refractivity (Wildman–Crippen MR) is 90.2 cm³/mol. The highest BCUT2D eigenvalue weighted by atomic mass is 16.3. The van der Waals surface area contributed by atoms with Gasteiger partial charge in [-0.15, -0.1) is 0 Å². The van der Waals surface area contributed by atoms with Gasteiger partial charge in [-0.05, 0) is 36.4 Å². The number of aromatic amines is 1. The standard InChI is InChI=1S/C18H17N3O3/c22-15-3-1-2-11-6-12(16(23)8-13(11)15)7-18(24)19-17-9-14(20-21-17)10-4-5-10/h1-3,6,8-10,22-23H,4-5,7H2,(H2,19,20,21,24). The van der Waals surface area contributed by atoms with Crippen molar-refractivity contribution < 1.29 is 15.0 Å². The highest BCUT2D eigenvalue weighted by Gasteiger charge is 2.25. The summed E-state index contributed by atoms with van der Waals surface area (Å²) in [5.74, 6) is 0.876. The van der Waals surface area contributed by atoms with Gasteiger partial charge in [-0.2, -0.15) is 5.10 Å². The molecule has 1 fully saturated rings. The number of phenols is 2. The number of nitrogens with zero attached hydrogens (tertiary/aromatic N) is 1. The summed E-state index contributed by atoms with van der Waals surface area (Å²) in [6, 6.07) is 10.2. The molecule has 1 aromatic heterocycles. The average molecular weight is 323 g/mol. The minimum absolute atomic E-state index is 0.0140. The SMILES string of the molecule is O=C(Cc1cc2cccc(O)c2cc1O)Nc1cc(C2CC2)[nH]n1. The number of amides is 1. The summed E-state index contributed by atoms with van der Waals surface area (Å²) >= 11 is 0. The molecule has 2 aromatic carbocycles. The van der Waals surface area contributed by atoms with Crippen LogP contribution in [0.2, 0.25) is 0 Å². The molecular formula is C18H17N3O3. The third-order valence-electron chi connectivity index (χ3n) is 4.29. The lowest BCUT2D eigenvalue weighted by molar-refractivity contribution is -0.115. The molecule has 0 spiro atoms. The number of fused-ring (bicyclic) bond motifs is 1. The van der Waals surface area contributed by atoms with Crippen molar-refractivity contribution in [3.8, 4) is 11.5 Å². The largest absolute Gasteiger partial charge is 0.508 e. The molecule has 0 unspecified atom stereocenters. The molecule has 6 nitrogen and oxygen atoms in total. The molecule has 0 saturated heterocycles. The lowest BCUT2D eigenvalue weighted by Crippen LogP contribution is -2.14. The summed E-state index contributed by atoms with van der Waals surface area (Å²) < 4.78 is 0. The Morgan fingerprint density at radius 1 is 1.21 bits per heavy atom. The van der Waals surface area contributed by atoms with E-state index in [2.05, 4.69) is 15.5 Å². The molecule has 0 aliphatic heterocycles. The summed E-state index contributed by atoms with van der Waals surface area (Å²) in [5.41, 5.74) is 1.55. The summed E-state index contributed by atoms with van der Waals surface area (Å²) in [7, 11) is 0. The fraction of sp³-hybridized carbons (Fsp3) is 0.222. The number of phenolic OH excluding ortho intramolecular Hbond substituents is 2. The number of carbonyl (C=O) groups is 1. The Morgan fingerprint density at radius 3 is 2.83 bits per heavy atom. The molecule has 1 aliphatic carbocycles. The van der Waals surface area contributed by atoms with Crippen molar-refractivity contribution >= 4 is 22.5 Å². The molecule has 0 radical (unpaired) electrons. The van der Waals surface area contributed by atoms with E-state index >= 15 is 0 Å². The number of benzene rings is 2. The summed E-state index contributed by atoms with van der Waals surface area (Å²) in [4.78, 5) is 12.2. The van der Waals surface area contributed by atoms with Crippen molar-refractivity contribution in [2.24, 2.45) is 0 Å². The van der Waals surface area contributed by atoms with Gasteiger partial charge in [0.1, 0.15) is 11.5 Å². The van der Waals surface area contributed by atoms with Crippen LogP contribution in [-0.2, 0) is 11.2 Å². The zero-order chi connectivity index (χ0) is 16.7. The Bertz CT molecular complexity index is 928. The summed E-state index contributed by atoms with van der Waals surface area (Å²) in [6.45, 7) is 0. The number of hydrogen-bond acceptors (Lipinski definition) is 4. The van der Waals surface area contributed by atoms with E-state index in [-0.39, 0.29) is 23.8 Å². The fourth-order valence-electron chi connectivity index (χ4n) is 2.85. The van der Waals surface area contributed by atoms with E-state index in [9.17, 15) is 15.0 Å². The van der Waals surface area contributed by atoms with Crippen LogP contribution in [0.3, 0.4) is 0 Å². The van der Waals surface area contributed by atoms with Gasteiger partial charge in [-0.1, -0.05) is 12.1 Å². The Hall–Kier alpha value is -3.02. The molecule has 1 aliphatic rings. The monoisotopic (exact) mass is 323 g/mol. The van der Waals surface area contributed by atoms with Crippen molar-refractivity contribution in [2.45, 2.75) is 25.2 Å². The maximum absolute atomic E-state index is 12.2. The van der Waals surface area contributed by atoms with E-state index in [1.807, 2.05) is 12.1 Å². The molecule has 122 valence electrons. The molecule has 1 amide bonds. The molecule has 1 heterocycles. The Kier molecular flexibility index (Phi) is 3.37. The van der Waals surface area contributed by atoms with Gasteiger partial charge in [0, 0.05) is 28.6 Å². The zero-order valence-electron chi connectivity index (χ0n) is 12.9. The number of carbonyl (C=O) groups excluding carboxylic acids is 1. The van der Waals surface area contributed by atoms with Crippen LogP contribution >= 0.6 is 0 Å². The van der Waals surface area contributed by atoms with E-state index in [4.69, 9.17) is 0 Å². The van der Waals surface area contributed by atoms with Gasteiger partial charge in [0.15, 0.2) is 5.82 Å². The van der Waals surface area contributed by atoms with Crippen LogP contribution in [0.5, 0.6) is 11.5 Å². The molecule has 0 atom stereocenters. The minimum atomic E-state index is -0.251. The lowest BCUT2D eigenvalue weighted by Gasteiger charge is -2.08. The Morgan fingerprint density at radius 2 is 2.04 bits per heavy atom. The first-order valence-corrected chi connectivity index (χ1v) is 7.89. The number of hydrogen-bond donors (Lipinski definition) is 4. The van der Waals surface area contributed by atoms with E-state index in [0.29, 0.717) is 22.7 Å². The Labute approximate surface area is 138 Å². The van der Waals surface area contributed by atoms with Crippen LogP contribution in [0.25, 0.3) is 10.8 Å². The van der Waals surface area contributed by atoms with E-state index in [1.54, 1.807) is 18.2 Å². The lowest BCUT2D eigenvalue weighted by atomic mass is 10.0. The Balaban J connectivity index is 1.52. The van der Waals surface area contributed by atoms with Gasteiger partial charge in [-0.3, -0.25) is 9.89 Å². The van der Waals surface area contributed by atoms with Gasteiger partial charge >= 0.3 is 0 Å².